The van der Waals surface area contributed by atoms with Crippen LogP contribution in [0.2, 0.25) is 0 Å². The molecule has 0 bridgehead atoms. The molecule has 0 saturated carbocycles. The molecule has 0 spiro atoms. The van der Waals surface area contributed by atoms with Crippen molar-refractivity contribution in [3.63, 3.8) is 0 Å². The molecular weight excluding hydrogens is 168 g/mol. The molecule has 13 heavy (non-hydrogen) atoms. The fourth-order valence-electron chi connectivity index (χ4n) is 0.914. The van der Waals surface area contributed by atoms with Gasteiger partial charge in [-0.15, -0.1) is 0 Å². The molecule has 0 heterocycles. The Balaban J connectivity index is 3.69. The molecular formula is C9H20N2O2. The van der Waals surface area contributed by atoms with Gasteiger partial charge in [-0.05, 0) is 13.3 Å². The topological polar surface area (TPSA) is 55.6 Å². The van der Waals surface area contributed by atoms with Gasteiger partial charge in [0.25, 0.3) is 0 Å². The molecule has 0 rings (SSSR count). The molecule has 0 aromatic rings. The summed E-state index contributed by atoms with van der Waals surface area (Å²) in [5, 5.41) is 0. The second-order valence-corrected chi connectivity index (χ2v) is 2.97. The second-order valence-electron chi connectivity index (χ2n) is 2.97. The Morgan fingerprint density at radius 2 is 2.15 bits per heavy atom. The van der Waals surface area contributed by atoms with Crippen molar-refractivity contribution in [2.24, 2.45) is 5.73 Å². The van der Waals surface area contributed by atoms with E-state index in [1.807, 2.05) is 13.8 Å². The normalized spacial score (nSPS) is 12.6. The Labute approximate surface area is 80.0 Å². The molecule has 1 atom stereocenters. The summed E-state index contributed by atoms with van der Waals surface area (Å²) >= 11 is 0. The van der Waals surface area contributed by atoms with Crippen molar-refractivity contribution in [2.45, 2.75) is 26.3 Å². The minimum atomic E-state index is -0.369. The number of rotatable bonds is 6. The van der Waals surface area contributed by atoms with Crippen LogP contribution in [0.25, 0.3) is 0 Å². The lowest BCUT2D eigenvalue weighted by molar-refractivity contribution is -0.132. The van der Waals surface area contributed by atoms with E-state index in [-0.39, 0.29) is 11.9 Å². The molecule has 4 nitrogen and oxygen atoms in total. The molecule has 78 valence electrons. The predicted molar refractivity (Wildman–Crippen MR) is 52.4 cm³/mol. The highest BCUT2D eigenvalue weighted by atomic mass is 16.5. The van der Waals surface area contributed by atoms with Crippen molar-refractivity contribution in [1.82, 2.24) is 4.90 Å². The number of ether oxygens (including phenoxy) is 1. The third-order valence-corrected chi connectivity index (χ3v) is 1.91. The fourth-order valence-corrected chi connectivity index (χ4v) is 0.914. The van der Waals surface area contributed by atoms with E-state index in [0.29, 0.717) is 26.2 Å². The van der Waals surface area contributed by atoms with Gasteiger partial charge in [-0.3, -0.25) is 4.79 Å². The SMILES string of the molecule is CCOCCN(C)C(=O)C(N)CC. The molecule has 0 radical (unpaired) electrons. The Morgan fingerprint density at radius 3 is 2.62 bits per heavy atom. The van der Waals surface area contributed by atoms with Gasteiger partial charge in [0, 0.05) is 20.2 Å². The zero-order chi connectivity index (χ0) is 10.3. The predicted octanol–water partition coefficient (Wildman–Crippen LogP) is 0.219. The van der Waals surface area contributed by atoms with Crippen molar-refractivity contribution in [2.75, 3.05) is 26.8 Å². The van der Waals surface area contributed by atoms with Crippen LogP contribution in [-0.2, 0) is 9.53 Å². The van der Waals surface area contributed by atoms with Crippen LogP contribution in [0.4, 0.5) is 0 Å². The van der Waals surface area contributed by atoms with Gasteiger partial charge in [-0.1, -0.05) is 6.92 Å². The maximum Gasteiger partial charge on any atom is 0.239 e. The van der Waals surface area contributed by atoms with Crippen LogP contribution in [0.5, 0.6) is 0 Å². The van der Waals surface area contributed by atoms with Crippen molar-refractivity contribution < 1.29 is 9.53 Å². The van der Waals surface area contributed by atoms with Crippen LogP contribution in [-0.4, -0.2) is 43.7 Å². The van der Waals surface area contributed by atoms with Crippen LogP contribution in [0.1, 0.15) is 20.3 Å². The van der Waals surface area contributed by atoms with Gasteiger partial charge in [-0.2, -0.15) is 0 Å². The first-order chi connectivity index (χ1) is 6.13. The monoisotopic (exact) mass is 188 g/mol. The average molecular weight is 188 g/mol. The minimum absolute atomic E-state index is 0.0118. The first-order valence-electron chi connectivity index (χ1n) is 4.71. The molecule has 0 aliphatic heterocycles. The number of carbonyl (C=O) groups excluding carboxylic acids is 1. The van der Waals surface area contributed by atoms with Crippen LogP contribution < -0.4 is 5.73 Å². The number of carbonyl (C=O) groups is 1. The zero-order valence-corrected chi connectivity index (χ0v) is 8.75. The highest BCUT2D eigenvalue weighted by Crippen LogP contribution is 1.93. The van der Waals surface area contributed by atoms with Crippen molar-refractivity contribution in [3.05, 3.63) is 0 Å². The summed E-state index contributed by atoms with van der Waals surface area (Å²) in [5.41, 5.74) is 5.59. The van der Waals surface area contributed by atoms with E-state index in [9.17, 15) is 4.79 Å². The summed E-state index contributed by atoms with van der Waals surface area (Å²) in [5.74, 6) is -0.0118. The summed E-state index contributed by atoms with van der Waals surface area (Å²) < 4.78 is 5.13. The van der Waals surface area contributed by atoms with E-state index >= 15 is 0 Å². The second kappa shape index (κ2) is 6.86. The lowest BCUT2D eigenvalue weighted by atomic mass is 10.2. The van der Waals surface area contributed by atoms with Gasteiger partial charge < -0.3 is 15.4 Å². The number of nitrogens with two attached hydrogens (primary N) is 1. The fraction of sp³-hybridized carbons (Fsp3) is 0.889. The summed E-state index contributed by atoms with van der Waals surface area (Å²) in [6.45, 7) is 5.70. The maximum absolute atomic E-state index is 11.4. The first-order valence-corrected chi connectivity index (χ1v) is 4.71. The van der Waals surface area contributed by atoms with E-state index in [1.165, 1.54) is 0 Å². The lowest BCUT2D eigenvalue weighted by Gasteiger charge is -2.20. The smallest absolute Gasteiger partial charge is 0.239 e. The van der Waals surface area contributed by atoms with Gasteiger partial charge in [-0.25, -0.2) is 0 Å². The molecule has 0 saturated heterocycles. The standard InChI is InChI=1S/C9H20N2O2/c1-4-8(10)9(12)11(3)6-7-13-5-2/h8H,4-7,10H2,1-3H3. The minimum Gasteiger partial charge on any atom is -0.380 e. The Hall–Kier alpha value is -0.610. The van der Waals surface area contributed by atoms with Crippen LogP contribution in [0.3, 0.4) is 0 Å². The molecule has 2 N–H and O–H groups in total. The number of likely N-dealkylation sites (N-methyl/N-ethyl adjacent to an activating group) is 1. The van der Waals surface area contributed by atoms with E-state index in [1.54, 1.807) is 11.9 Å². The van der Waals surface area contributed by atoms with E-state index in [0.717, 1.165) is 0 Å². The average Bonchev–Trinajstić information content (AvgIpc) is 2.15. The zero-order valence-electron chi connectivity index (χ0n) is 8.75. The number of hydrogen-bond acceptors (Lipinski definition) is 3. The lowest BCUT2D eigenvalue weighted by Crippen LogP contribution is -2.42. The maximum atomic E-state index is 11.4. The van der Waals surface area contributed by atoms with Crippen LogP contribution in [0, 0.1) is 0 Å². The molecule has 0 aromatic heterocycles. The first kappa shape index (κ1) is 12.4. The van der Waals surface area contributed by atoms with Crippen molar-refractivity contribution >= 4 is 5.91 Å². The van der Waals surface area contributed by atoms with Gasteiger partial charge in [0.05, 0.1) is 12.6 Å². The summed E-state index contributed by atoms with van der Waals surface area (Å²) in [6.07, 6.45) is 0.678. The molecule has 1 unspecified atom stereocenters. The molecule has 0 aliphatic carbocycles. The quantitative estimate of drug-likeness (QED) is 0.607. The Bertz CT molecular complexity index is 151. The molecule has 1 amide bonds. The Morgan fingerprint density at radius 1 is 1.54 bits per heavy atom. The van der Waals surface area contributed by atoms with E-state index in [4.69, 9.17) is 10.5 Å². The molecule has 0 fully saturated rings. The highest BCUT2D eigenvalue weighted by Gasteiger charge is 2.15. The van der Waals surface area contributed by atoms with Crippen molar-refractivity contribution in [1.29, 1.82) is 0 Å². The van der Waals surface area contributed by atoms with Crippen LogP contribution >= 0.6 is 0 Å². The van der Waals surface area contributed by atoms with Crippen molar-refractivity contribution in [3.8, 4) is 0 Å². The highest BCUT2D eigenvalue weighted by molar-refractivity contribution is 5.81. The van der Waals surface area contributed by atoms with Gasteiger partial charge in [0.15, 0.2) is 0 Å². The number of amides is 1. The number of nitrogens with zero attached hydrogens (tertiary/aromatic N) is 1. The molecule has 0 aliphatic rings. The third kappa shape index (κ3) is 4.85. The summed E-state index contributed by atoms with van der Waals surface area (Å²) in [6, 6.07) is -0.369. The van der Waals surface area contributed by atoms with Gasteiger partial charge in [0.1, 0.15) is 0 Å². The molecule has 4 heteroatoms. The van der Waals surface area contributed by atoms with Crippen LogP contribution in [0.15, 0.2) is 0 Å². The van der Waals surface area contributed by atoms with Gasteiger partial charge >= 0.3 is 0 Å². The van der Waals surface area contributed by atoms with E-state index in [2.05, 4.69) is 0 Å². The summed E-state index contributed by atoms with van der Waals surface area (Å²) in [7, 11) is 1.75. The van der Waals surface area contributed by atoms with Gasteiger partial charge in [0.2, 0.25) is 5.91 Å². The molecule has 0 aromatic carbocycles. The van der Waals surface area contributed by atoms with E-state index < -0.39 is 0 Å². The Kier molecular flexibility index (Phi) is 6.54. The number of hydrogen-bond donors (Lipinski definition) is 1. The third-order valence-electron chi connectivity index (χ3n) is 1.91. The largest absolute Gasteiger partial charge is 0.380 e. The summed E-state index contributed by atoms with van der Waals surface area (Å²) in [4.78, 5) is 13.0.